The van der Waals surface area contributed by atoms with Crippen molar-refractivity contribution in [3.8, 4) is 0 Å². The number of nitrogens with one attached hydrogen (secondary N) is 1. The minimum atomic E-state index is 0.747. The highest BCUT2D eigenvalue weighted by atomic mass is 79.9. The molecule has 0 saturated heterocycles. The minimum absolute atomic E-state index is 0.747. The van der Waals surface area contributed by atoms with Crippen molar-refractivity contribution in [2.45, 2.75) is 6.92 Å². The molecule has 0 aliphatic carbocycles. The summed E-state index contributed by atoms with van der Waals surface area (Å²) in [6, 6.07) is 11.9. The second kappa shape index (κ2) is 5.10. The van der Waals surface area contributed by atoms with E-state index in [-0.39, 0.29) is 0 Å². The second-order valence-electron chi connectivity index (χ2n) is 3.79. The number of hydrogen-bond acceptors (Lipinski definition) is 2. The first-order valence-electron chi connectivity index (χ1n) is 5.15. The molecular formula is C13H12Br2N2. The zero-order chi connectivity index (χ0) is 12.4. The van der Waals surface area contributed by atoms with Gasteiger partial charge in [-0.25, -0.2) is 0 Å². The zero-order valence-electron chi connectivity index (χ0n) is 9.30. The van der Waals surface area contributed by atoms with E-state index in [0.29, 0.717) is 0 Å². The van der Waals surface area contributed by atoms with Crippen LogP contribution in [-0.2, 0) is 0 Å². The van der Waals surface area contributed by atoms with E-state index in [9.17, 15) is 0 Å². The van der Waals surface area contributed by atoms with Crippen molar-refractivity contribution >= 4 is 48.9 Å². The molecule has 0 bridgehead atoms. The topological polar surface area (TPSA) is 38.0 Å². The lowest BCUT2D eigenvalue weighted by Gasteiger charge is -2.13. The monoisotopic (exact) mass is 354 g/mol. The summed E-state index contributed by atoms with van der Waals surface area (Å²) in [5.74, 6) is 0. The first kappa shape index (κ1) is 12.5. The Labute approximate surface area is 117 Å². The maximum Gasteiger partial charge on any atom is 0.0647 e. The van der Waals surface area contributed by atoms with Crippen LogP contribution >= 0.6 is 31.9 Å². The Morgan fingerprint density at radius 1 is 1.12 bits per heavy atom. The van der Waals surface area contributed by atoms with Crippen LogP contribution in [0.25, 0.3) is 0 Å². The van der Waals surface area contributed by atoms with Gasteiger partial charge in [-0.15, -0.1) is 0 Å². The molecule has 0 saturated carbocycles. The predicted molar refractivity (Wildman–Crippen MR) is 80.7 cm³/mol. The van der Waals surface area contributed by atoms with Crippen molar-refractivity contribution in [2.24, 2.45) is 0 Å². The maximum atomic E-state index is 5.97. The molecular weight excluding hydrogens is 344 g/mol. The quantitative estimate of drug-likeness (QED) is 0.756. The van der Waals surface area contributed by atoms with Crippen LogP contribution < -0.4 is 11.1 Å². The lowest BCUT2D eigenvalue weighted by molar-refractivity contribution is 1.42. The molecule has 3 N–H and O–H groups in total. The minimum Gasteiger partial charge on any atom is -0.397 e. The van der Waals surface area contributed by atoms with Crippen LogP contribution in [0.15, 0.2) is 45.3 Å². The summed E-state index contributed by atoms with van der Waals surface area (Å²) in [6.07, 6.45) is 0. The van der Waals surface area contributed by atoms with Crippen molar-refractivity contribution in [1.29, 1.82) is 0 Å². The number of anilines is 3. The summed E-state index contributed by atoms with van der Waals surface area (Å²) in [5, 5.41) is 3.35. The summed E-state index contributed by atoms with van der Waals surface area (Å²) in [4.78, 5) is 0. The standard InChI is InChI=1S/C13H12Br2N2/c1-8-3-2-4-11(16)13(8)17-12-7-9(14)5-6-10(12)15/h2-7,17H,16H2,1H3. The van der Waals surface area contributed by atoms with Gasteiger partial charge in [0, 0.05) is 8.95 Å². The third-order valence-corrected chi connectivity index (χ3v) is 3.68. The van der Waals surface area contributed by atoms with Gasteiger partial charge in [-0.05, 0) is 52.7 Å². The Balaban J connectivity index is 2.41. The summed E-state index contributed by atoms with van der Waals surface area (Å²) >= 11 is 6.97. The third-order valence-electron chi connectivity index (χ3n) is 2.49. The Morgan fingerprint density at radius 3 is 2.59 bits per heavy atom. The molecule has 0 fully saturated rings. The van der Waals surface area contributed by atoms with Crippen LogP contribution in [0.5, 0.6) is 0 Å². The lowest BCUT2D eigenvalue weighted by Crippen LogP contribution is -1.99. The van der Waals surface area contributed by atoms with Gasteiger partial charge in [-0.1, -0.05) is 28.1 Å². The molecule has 0 aliphatic rings. The van der Waals surface area contributed by atoms with Crippen LogP contribution in [-0.4, -0.2) is 0 Å². The fraction of sp³-hybridized carbons (Fsp3) is 0.0769. The van der Waals surface area contributed by atoms with Gasteiger partial charge in [-0.2, -0.15) is 0 Å². The molecule has 2 aromatic rings. The Morgan fingerprint density at radius 2 is 1.88 bits per heavy atom. The fourth-order valence-corrected chi connectivity index (χ4v) is 2.30. The second-order valence-corrected chi connectivity index (χ2v) is 5.56. The number of rotatable bonds is 2. The van der Waals surface area contributed by atoms with E-state index in [0.717, 1.165) is 31.6 Å². The Hall–Kier alpha value is -1.000. The molecule has 0 aromatic heterocycles. The summed E-state index contributed by atoms with van der Waals surface area (Å²) < 4.78 is 2.03. The van der Waals surface area contributed by atoms with E-state index >= 15 is 0 Å². The molecule has 4 heteroatoms. The van der Waals surface area contributed by atoms with Gasteiger partial charge in [-0.3, -0.25) is 0 Å². The zero-order valence-corrected chi connectivity index (χ0v) is 12.5. The number of nitrogens with two attached hydrogens (primary N) is 1. The average molecular weight is 356 g/mol. The highest BCUT2D eigenvalue weighted by Gasteiger charge is 2.06. The molecule has 0 atom stereocenters. The molecule has 88 valence electrons. The number of halogens is 2. The van der Waals surface area contributed by atoms with E-state index < -0.39 is 0 Å². The molecule has 0 aliphatic heterocycles. The number of para-hydroxylation sites is 1. The average Bonchev–Trinajstić information content (AvgIpc) is 2.28. The van der Waals surface area contributed by atoms with Gasteiger partial charge in [0.25, 0.3) is 0 Å². The summed E-state index contributed by atoms with van der Waals surface area (Å²) in [5.41, 5.74) is 9.77. The van der Waals surface area contributed by atoms with Crippen molar-refractivity contribution in [1.82, 2.24) is 0 Å². The summed E-state index contributed by atoms with van der Waals surface area (Å²) in [6.45, 7) is 2.03. The number of benzene rings is 2. The maximum absolute atomic E-state index is 5.97. The molecule has 0 unspecified atom stereocenters. The highest BCUT2D eigenvalue weighted by molar-refractivity contribution is 9.11. The lowest BCUT2D eigenvalue weighted by atomic mass is 10.1. The molecule has 0 heterocycles. The predicted octanol–water partition coefficient (Wildman–Crippen LogP) is 4.85. The highest BCUT2D eigenvalue weighted by Crippen LogP contribution is 2.32. The van der Waals surface area contributed by atoms with Gasteiger partial charge >= 0.3 is 0 Å². The number of hydrogen-bond donors (Lipinski definition) is 2. The van der Waals surface area contributed by atoms with Crippen LogP contribution in [0, 0.1) is 6.92 Å². The van der Waals surface area contributed by atoms with Crippen LogP contribution in [0.4, 0.5) is 17.1 Å². The van der Waals surface area contributed by atoms with E-state index in [1.807, 2.05) is 43.3 Å². The van der Waals surface area contributed by atoms with Gasteiger partial charge < -0.3 is 11.1 Å². The molecule has 2 nitrogen and oxygen atoms in total. The SMILES string of the molecule is Cc1cccc(N)c1Nc1cc(Br)ccc1Br. The molecule has 2 aromatic carbocycles. The fourth-order valence-electron chi connectivity index (χ4n) is 1.59. The van der Waals surface area contributed by atoms with E-state index in [1.54, 1.807) is 0 Å². The van der Waals surface area contributed by atoms with Gasteiger partial charge in [0.15, 0.2) is 0 Å². The van der Waals surface area contributed by atoms with Crippen molar-refractivity contribution in [3.05, 3.63) is 50.9 Å². The molecule has 17 heavy (non-hydrogen) atoms. The van der Waals surface area contributed by atoms with Gasteiger partial charge in [0.1, 0.15) is 0 Å². The van der Waals surface area contributed by atoms with Gasteiger partial charge in [0.2, 0.25) is 0 Å². The van der Waals surface area contributed by atoms with Crippen molar-refractivity contribution in [2.75, 3.05) is 11.1 Å². The first-order valence-corrected chi connectivity index (χ1v) is 6.73. The van der Waals surface area contributed by atoms with Crippen molar-refractivity contribution in [3.63, 3.8) is 0 Å². The normalized spacial score (nSPS) is 10.3. The summed E-state index contributed by atoms with van der Waals surface area (Å²) in [7, 11) is 0. The Bertz CT molecular complexity index is 533. The largest absolute Gasteiger partial charge is 0.397 e. The van der Waals surface area contributed by atoms with Gasteiger partial charge in [0.05, 0.1) is 17.1 Å². The molecule has 0 amide bonds. The van der Waals surface area contributed by atoms with E-state index in [1.165, 1.54) is 0 Å². The van der Waals surface area contributed by atoms with E-state index in [4.69, 9.17) is 5.73 Å². The number of nitrogen functional groups attached to an aromatic ring is 1. The molecule has 0 spiro atoms. The number of aryl methyl sites for hydroxylation is 1. The molecule has 0 radical (unpaired) electrons. The Kier molecular flexibility index (Phi) is 3.74. The van der Waals surface area contributed by atoms with Crippen LogP contribution in [0.3, 0.4) is 0 Å². The van der Waals surface area contributed by atoms with Crippen LogP contribution in [0.1, 0.15) is 5.56 Å². The van der Waals surface area contributed by atoms with Crippen molar-refractivity contribution < 1.29 is 0 Å². The van der Waals surface area contributed by atoms with E-state index in [2.05, 4.69) is 37.2 Å². The van der Waals surface area contributed by atoms with Crippen LogP contribution in [0.2, 0.25) is 0 Å². The smallest absolute Gasteiger partial charge is 0.0647 e. The molecule has 2 rings (SSSR count). The third kappa shape index (κ3) is 2.82. The first-order chi connectivity index (χ1) is 8.08.